The highest BCUT2D eigenvalue weighted by Gasteiger charge is 2.10. The molecule has 72 valence electrons. The van der Waals surface area contributed by atoms with Gasteiger partial charge in [-0.3, -0.25) is 0 Å². The summed E-state index contributed by atoms with van der Waals surface area (Å²) < 4.78 is 0. The lowest BCUT2D eigenvalue weighted by molar-refractivity contribution is 0.135. The van der Waals surface area contributed by atoms with Gasteiger partial charge in [0.05, 0.1) is 6.10 Å². The maximum absolute atomic E-state index is 9.33. The van der Waals surface area contributed by atoms with Crippen molar-refractivity contribution in [1.29, 1.82) is 0 Å². The average Bonchev–Trinajstić information content (AvgIpc) is 2.08. The van der Waals surface area contributed by atoms with Crippen molar-refractivity contribution >= 4 is 11.6 Å². The summed E-state index contributed by atoms with van der Waals surface area (Å²) in [5.74, 6) is 0.250. The molecule has 1 rings (SSSR count). The second kappa shape index (κ2) is 4.64. The summed E-state index contributed by atoms with van der Waals surface area (Å²) in [4.78, 5) is 0. The normalized spacial score (nSPS) is 15.4. The third kappa shape index (κ3) is 3.02. The monoisotopic (exact) mass is 198 g/mol. The Bertz CT molecular complexity index is 271. The van der Waals surface area contributed by atoms with Crippen molar-refractivity contribution in [2.45, 2.75) is 26.4 Å². The van der Waals surface area contributed by atoms with Gasteiger partial charge in [-0.25, -0.2) is 0 Å². The Morgan fingerprint density at radius 2 is 1.92 bits per heavy atom. The van der Waals surface area contributed by atoms with Crippen molar-refractivity contribution in [1.82, 2.24) is 0 Å². The van der Waals surface area contributed by atoms with E-state index < -0.39 is 0 Å². The van der Waals surface area contributed by atoms with E-state index in [0.29, 0.717) is 0 Å². The molecule has 1 nitrogen and oxygen atoms in total. The maximum Gasteiger partial charge on any atom is 0.0540 e. The molecule has 1 aromatic carbocycles. The second-order valence-corrected chi connectivity index (χ2v) is 3.92. The number of rotatable bonds is 3. The third-order valence-electron chi connectivity index (χ3n) is 2.32. The lowest BCUT2D eigenvalue weighted by atomic mass is 9.97. The van der Waals surface area contributed by atoms with Crippen LogP contribution in [0, 0.1) is 5.92 Å². The minimum atomic E-state index is -0.281. The molecule has 2 atom stereocenters. The van der Waals surface area contributed by atoms with Gasteiger partial charge in [0.2, 0.25) is 0 Å². The van der Waals surface area contributed by atoms with Crippen LogP contribution in [0.5, 0.6) is 0 Å². The fourth-order valence-electron chi connectivity index (χ4n) is 1.18. The van der Waals surface area contributed by atoms with Gasteiger partial charge in [-0.15, -0.1) is 0 Å². The van der Waals surface area contributed by atoms with Crippen LogP contribution in [-0.4, -0.2) is 11.2 Å². The van der Waals surface area contributed by atoms with Gasteiger partial charge in [-0.05, 0) is 30.9 Å². The van der Waals surface area contributed by atoms with Crippen LogP contribution in [0.15, 0.2) is 24.3 Å². The second-order valence-electron chi connectivity index (χ2n) is 3.51. The Morgan fingerprint density at radius 1 is 1.31 bits per heavy atom. The van der Waals surface area contributed by atoms with Crippen molar-refractivity contribution in [2.75, 3.05) is 0 Å². The van der Waals surface area contributed by atoms with Crippen LogP contribution in [0.3, 0.4) is 0 Å². The number of hydrogen-bond acceptors (Lipinski definition) is 1. The Hall–Kier alpha value is -0.530. The molecule has 2 unspecified atom stereocenters. The smallest absolute Gasteiger partial charge is 0.0540 e. The van der Waals surface area contributed by atoms with Crippen LogP contribution in [0.1, 0.15) is 19.4 Å². The van der Waals surface area contributed by atoms with Gasteiger partial charge in [-0.2, -0.15) is 0 Å². The van der Waals surface area contributed by atoms with Crippen molar-refractivity contribution in [3.8, 4) is 0 Å². The molecule has 0 fully saturated rings. The van der Waals surface area contributed by atoms with Crippen molar-refractivity contribution in [3.05, 3.63) is 34.9 Å². The summed E-state index contributed by atoms with van der Waals surface area (Å²) in [6, 6.07) is 7.77. The largest absolute Gasteiger partial charge is 0.393 e. The van der Waals surface area contributed by atoms with Crippen molar-refractivity contribution in [3.63, 3.8) is 0 Å². The molecule has 13 heavy (non-hydrogen) atoms. The van der Waals surface area contributed by atoms with E-state index in [9.17, 15) is 5.11 Å². The quantitative estimate of drug-likeness (QED) is 0.792. The molecule has 0 saturated carbocycles. The summed E-state index contributed by atoms with van der Waals surface area (Å²) in [6.07, 6.45) is 0.549. The molecule has 0 saturated heterocycles. The van der Waals surface area contributed by atoms with E-state index >= 15 is 0 Å². The Morgan fingerprint density at radius 3 is 2.46 bits per heavy atom. The average molecular weight is 199 g/mol. The summed E-state index contributed by atoms with van der Waals surface area (Å²) in [5, 5.41) is 10.1. The minimum absolute atomic E-state index is 0.250. The number of halogens is 1. The van der Waals surface area contributed by atoms with Gasteiger partial charge >= 0.3 is 0 Å². The van der Waals surface area contributed by atoms with Gasteiger partial charge in [0.25, 0.3) is 0 Å². The number of benzene rings is 1. The molecule has 0 spiro atoms. The topological polar surface area (TPSA) is 20.2 Å². The highest BCUT2D eigenvalue weighted by Crippen LogP contribution is 2.19. The first-order chi connectivity index (χ1) is 6.11. The molecule has 0 aliphatic heterocycles. The van der Waals surface area contributed by atoms with Gasteiger partial charge in [0.15, 0.2) is 0 Å². The van der Waals surface area contributed by atoms with Crippen molar-refractivity contribution < 1.29 is 5.11 Å². The fraction of sp³-hybridized carbons (Fsp3) is 0.455. The molecule has 1 aromatic rings. The lowest BCUT2D eigenvalue weighted by Gasteiger charge is -2.14. The highest BCUT2D eigenvalue weighted by molar-refractivity contribution is 6.31. The standard InChI is InChI=1S/C11H15ClO/c1-8(9(2)13)7-10-5-3-4-6-11(10)12/h3-6,8-9,13H,7H2,1-2H3. The van der Waals surface area contributed by atoms with Gasteiger partial charge < -0.3 is 5.11 Å². The molecule has 0 aromatic heterocycles. The van der Waals surface area contributed by atoms with Gasteiger partial charge in [0.1, 0.15) is 0 Å². The molecule has 0 heterocycles. The Balaban J connectivity index is 2.69. The SMILES string of the molecule is CC(O)C(C)Cc1ccccc1Cl. The number of hydrogen-bond donors (Lipinski definition) is 1. The molecule has 0 amide bonds. The first-order valence-electron chi connectivity index (χ1n) is 4.52. The zero-order valence-corrected chi connectivity index (χ0v) is 8.75. The molecular weight excluding hydrogens is 184 g/mol. The zero-order chi connectivity index (χ0) is 9.84. The summed E-state index contributed by atoms with van der Waals surface area (Å²) in [7, 11) is 0. The Labute approximate surface area is 84.4 Å². The van der Waals surface area contributed by atoms with Crippen LogP contribution < -0.4 is 0 Å². The van der Waals surface area contributed by atoms with E-state index in [1.54, 1.807) is 0 Å². The van der Waals surface area contributed by atoms with E-state index in [1.807, 2.05) is 38.1 Å². The zero-order valence-electron chi connectivity index (χ0n) is 8.00. The van der Waals surface area contributed by atoms with Crippen LogP contribution >= 0.6 is 11.6 Å². The van der Waals surface area contributed by atoms with Gasteiger partial charge in [0, 0.05) is 5.02 Å². The van der Waals surface area contributed by atoms with Gasteiger partial charge in [-0.1, -0.05) is 36.7 Å². The van der Waals surface area contributed by atoms with E-state index in [0.717, 1.165) is 17.0 Å². The molecule has 0 aliphatic carbocycles. The first-order valence-corrected chi connectivity index (χ1v) is 4.90. The molecular formula is C11H15ClO. The van der Waals surface area contributed by atoms with E-state index in [1.165, 1.54) is 0 Å². The first kappa shape index (κ1) is 10.6. The van der Waals surface area contributed by atoms with Crippen LogP contribution in [0.2, 0.25) is 5.02 Å². The predicted molar refractivity (Wildman–Crippen MR) is 56.0 cm³/mol. The summed E-state index contributed by atoms with van der Waals surface area (Å²) in [6.45, 7) is 3.83. The minimum Gasteiger partial charge on any atom is -0.393 e. The van der Waals surface area contributed by atoms with Crippen LogP contribution in [-0.2, 0) is 6.42 Å². The van der Waals surface area contributed by atoms with Crippen LogP contribution in [0.25, 0.3) is 0 Å². The Kier molecular flexibility index (Phi) is 3.76. The van der Waals surface area contributed by atoms with E-state index in [-0.39, 0.29) is 12.0 Å². The third-order valence-corrected chi connectivity index (χ3v) is 2.69. The molecule has 0 aliphatic rings. The van der Waals surface area contributed by atoms with Crippen molar-refractivity contribution in [2.24, 2.45) is 5.92 Å². The maximum atomic E-state index is 9.33. The van der Waals surface area contributed by atoms with E-state index in [4.69, 9.17) is 11.6 Å². The number of aliphatic hydroxyl groups is 1. The lowest BCUT2D eigenvalue weighted by Crippen LogP contribution is -2.15. The molecule has 2 heteroatoms. The fourth-order valence-corrected chi connectivity index (χ4v) is 1.39. The molecule has 1 N–H and O–H groups in total. The molecule has 0 radical (unpaired) electrons. The van der Waals surface area contributed by atoms with Crippen LogP contribution in [0.4, 0.5) is 0 Å². The summed E-state index contributed by atoms with van der Waals surface area (Å²) >= 11 is 5.99. The predicted octanol–water partition coefficient (Wildman–Crippen LogP) is 2.90. The molecule has 0 bridgehead atoms. The highest BCUT2D eigenvalue weighted by atomic mass is 35.5. The summed E-state index contributed by atoms with van der Waals surface area (Å²) in [5.41, 5.74) is 1.11. The number of aliphatic hydroxyl groups excluding tert-OH is 1. The van der Waals surface area contributed by atoms with E-state index in [2.05, 4.69) is 0 Å².